The third-order valence-corrected chi connectivity index (χ3v) is 3.65. The Labute approximate surface area is 133 Å². The van der Waals surface area contributed by atoms with Crippen LogP contribution in [-0.4, -0.2) is 19.3 Å². The lowest BCUT2D eigenvalue weighted by Crippen LogP contribution is -2.21. The van der Waals surface area contributed by atoms with Crippen LogP contribution in [0.15, 0.2) is 53.7 Å². The number of anilines is 1. The number of aryl methyl sites for hydroxylation is 1. The Hall–Kier alpha value is -2.29. The normalized spacial score (nSPS) is 10.9. The molecule has 2 rings (SSSR count). The fraction of sp³-hybridized carbons (Fsp3) is 0.316. The summed E-state index contributed by atoms with van der Waals surface area (Å²) in [5.74, 6) is 0. The smallest absolute Gasteiger partial charge is 0.142 e. The van der Waals surface area contributed by atoms with E-state index in [9.17, 15) is 0 Å². The van der Waals surface area contributed by atoms with Gasteiger partial charge in [0.05, 0.1) is 6.21 Å². The molecule has 0 unspecified atom stereocenters. The van der Waals surface area contributed by atoms with Crippen molar-refractivity contribution in [2.75, 3.05) is 18.0 Å². The lowest BCUT2D eigenvalue weighted by atomic mass is 10.2. The van der Waals surface area contributed by atoms with Gasteiger partial charge in [-0.25, -0.2) is 0 Å². The van der Waals surface area contributed by atoms with Crippen molar-refractivity contribution in [1.82, 2.24) is 0 Å². The molecule has 2 aromatic rings. The zero-order chi connectivity index (χ0) is 15.8. The predicted molar refractivity (Wildman–Crippen MR) is 93.6 cm³/mol. The summed E-state index contributed by atoms with van der Waals surface area (Å²) in [5.41, 5.74) is 4.66. The molecule has 116 valence electrons. The Balaban J connectivity index is 1.86. The Morgan fingerprint density at radius 1 is 0.955 bits per heavy atom. The van der Waals surface area contributed by atoms with Crippen molar-refractivity contribution in [3.05, 3.63) is 65.2 Å². The van der Waals surface area contributed by atoms with Gasteiger partial charge in [-0.05, 0) is 44.0 Å². The molecule has 0 amide bonds. The van der Waals surface area contributed by atoms with Gasteiger partial charge in [0.25, 0.3) is 0 Å². The first-order valence-corrected chi connectivity index (χ1v) is 7.78. The fourth-order valence-electron chi connectivity index (χ4n) is 2.25. The largest absolute Gasteiger partial charge is 0.391 e. The fourth-order valence-corrected chi connectivity index (χ4v) is 2.25. The van der Waals surface area contributed by atoms with Crippen molar-refractivity contribution in [2.45, 2.75) is 27.4 Å². The van der Waals surface area contributed by atoms with Gasteiger partial charge in [-0.1, -0.05) is 47.1 Å². The molecule has 0 aliphatic carbocycles. The molecule has 0 saturated carbocycles. The van der Waals surface area contributed by atoms with E-state index in [1.165, 1.54) is 11.3 Å². The minimum Gasteiger partial charge on any atom is -0.391 e. The van der Waals surface area contributed by atoms with Gasteiger partial charge in [0.2, 0.25) is 0 Å². The topological polar surface area (TPSA) is 24.8 Å². The van der Waals surface area contributed by atoms with Crippen LogP contribution >= 0.6 is 0 Å². The average Bonchev–Trinajstić information content (AvgIpc) is 2.56. The second-order valence-electron chi connectivity index (χ2n) is 5.26. The Morgan fingerprint density at radius 2 is 1.59 bits per heavy atom. The Morgan fingerprint density at radius 3 is 2.18 bits per heavy atom. The third-order valence-electron chi connectivity index (χ3n) is 3.65. The van der Waals surface area contributed by atoms with E-state index >= 15 is 0 Å². The van der Waals surface area contributed by atoms with Crippen LogP contribution < -0.4 is 4.90 Å². The van der Waals surface area contributed by atoms with Gasteiger partial charge in [0.1, 0.15) is 6.61 Å². The zero-order valence-electron chi connectivity index (χ0n) is 13.6. The number of hydrogen-bond acceptors (Lipinski definition) is 3. The molecule has 0 fully saturated rings. The van der Waals surface area contributed by atoms with Crippen molar-refractivity contribution in [2.24, 2.45) is 5.16 Å². The van der Waals surface area contributed by atoms with Crippen LogP contribution in [-0.2, 0) is 11.4 Å². The van der Waals surface area contributed by atoms with Crippen LogP contribution in [0.5, 0.6) is 0 Å². The highest BCUT2D eigenvalue weighted by atomic mass is 16.6. The zero-order valence-corrected chi connectivity index (χ0v) is 13.6. The maximum absolute atomic E-state index is 5.34. The molecule has 0 heterocycles. The monoisotopic (exact) mass is 296 g/mol. The summed E-state index contributed by atoms with van der Waals surface area (Å²) in [4.78, 5) is 7.66. The van der Waals surface area contributed by atoms with E-state index < -0.39 is 0 Å². The molecular formula is C19H24N2O. The molecule has 0 spiro atoms. The van der Waals surface area contributed by atoms with E-state index in [1.54, 1.807) is 6.21 Å². The van der Waals surface area contributed by atoms with Crippen LogP contribution in [0.25, 0.3) is 0 Å². The number of hydrogen-bond donors (Lipinski definition) is 0. The summed E-state index contributed by atoms with van der Waals surface area (Å²) in [6.45, 7) is 8.93. The van der Waals surface area contributed by atoms with Crippen LogP contribution in [0.3, 0.4) is 0 Å². The molecule has 0 N–H and O–H groups in total. The molecule has 2 aromatic carbocycles. The third kappa shape index (κ3) is 4.62. The van der Waals surface area contributed by atoms with Crippen molar-refractivity contribution in [3.63, 3.8) is 0 Å². The average molecular weight is 296 g/mol. The van der Waals surface area contributed by atoms with Crippen LogP contribution in [0.1, 0.15) is 30.5 Å². The quantitative estimate of drug-likeness (QED) is 0.559. The minimum atomic E-state index is 0.494. The molecule has 0 atom stereocenters. The molecule has 0 aromatic heterocycles. The van der Waals surface area contributed by atoms with Crippen molar-refractivity contribution < 1.29 is 4.84 Å². The van der Waals surface area contributed by atoms with E-state index in [4.69, 9.17) is 4.84 Å². The summed E-state index contributed by atoms with van der Waals surface area (Å²) in [5, 5.41) is 4.04. The molecule has 0 saturated heterocycles. The van der Waals surface area contributed by atoms with Crippen molar-refractivity contribution in [1.29, 1.82) is 0 Å². The number of oxime groups is 1. The van der Waals surface area contributed by atoms with Crippen LogP contribution in [0, 0.1) is 6.92 Å². The van der Waals surface area contributed by atoms with Gasteiger partial charge in [-0.15, -0.1) is 0 Å². The highest BCUT2D eigenvalue weighted by Crippen LogP contribution is 2.14. The molecular weight excluding hydrogens is 272 g/mol. The standard InChI is InChI=1S/C19H24N2O/c1-4-21(5-2)19-12-10-17(11-13-19)14-20-22-15-18-8-6-16(3)7-9-18/h6-14H,4-5,15H2,1-3H3/b20-14+. The SMILES string of the molecule is CCN(CC)c1ccc(/C=N/OCc2ccc(C)cc2)cc1. The minimum absolute atomic E-state index is 0.494. The number of rotatable bonds is 7. The Kier molecular flexibility index (Phi) is 6.01. The van der Waals surface area contributed by atoms with Gasteiger partial charge < -0.3 is 9.74 Å². The molecule has 22 heavy (non-hydrogen) atoms. The second kappa shape index (κ2) is 8.23. The second-order valence-corrected chi connectivity index (χ2v) is 5.26. The molecule has 0 radical (unpaired) electrons. The van der Waals surface area contributed by atoms with E-state index in [0.717, 1.165) is 24.2 Å². The maximum Gasteiger partial charge on any atom is 0.142 e. The molecule has 0 aliphatic rings. The summed E-state index contributed by atoms with van der Waals surface area (Å²) < 4.78 is 0. The van der Waals surface area contributed by atoms with Crippen LogP contribution in [0.2, 0.25) is 0 Å². The molecule has 3 nitrogen and oxygen atoms in total. The lowest BCUT2D eigenvalue weighted by Gasteiger charge is -2.20. The first-order chi connectivity index (χ1) is 10.7. The van der Waals surface area contributed by atoms with Gasteiger partial charge in [-0.2, -0.15) is 0 Å². The van der Waals surface area contributed by atoms with Gasteiger partial charge in [-0.3, -0.25) is 0 Å². The molecule has 0 bridgehead atoms. The lowest BCUT2D eigenvalue weighted by molar-refractivity contribution is 0.132. The summed E-state index contributed by atoms with van der Waals surface area (Å²) in [6, 6.07) is 16.6. The molecule has 3 heteroatoms. The molecule has 0 aliphatic heterocycles. The van der Waals surface area contributed by atoms with E-state index in [-0.39, 0.29) is 0 Å². The summed E-state index contributed by atoms with van der Waals surface area (Å²) >= 11 is 0. The number of nitrogens with zero attached hydrogens (tertiary/aromatic N) is 2. The number of benzene rings is 2. The van der Waals surface area contributed by atoms with Gasteiger partial charge in [0.15, 0.2) is 0 Å². The summed E-state index contributed by atoms with van der Waals surface area (Å²) in [6.07, 6.45) is 1.75. The Bertz CT molecular complexity index is 584. The van der Waals surface area contributed by atoms with Crippen molar-refractivity contribution in [3.8, 4) is 0 Å². The predicted octanol–water partition coefficient (Wildman–Crippen LogP) is 4.39. The maximum atomic E-state index is 5.34. The highest BCUT2D eigenvalue weighted by Gasteiger charge is 2.00. The van der Waals surface area contributed by atoms with E-state index in [0.29, 0.717) is 6.61 Å². The van der Waals surface area contributed by atoms with E-state index in [1.807, 2.05) is 0 Å². The van der Waals surface area contributed by atoms with Gasteiger partial charge >= 0.3 is 0 Å². The first kappa shape index (κ1) is 16.1. The van der Waals surface area contributed by atoms with E-state index in [2.05, 4.69) is 79.4 Å². The van der Waals surface area contributed by atoms with Crippen molar-refractivity contribution >= 4 is 11.9 Å². The van der Waals surface area contributed by atoms with Gasteiger partial charge in [0, 0.05) is 18.8 Å². The summed E-state index contributed by atoms with van der Waals surface area (Å²) in [7, 11) is 0. The van der Waals surface area contributed by atoms with Crippen LogP contribution in [0.4, 0.5) is 5.69 Å². The first-order valence-electron chi connectivity index (χ1n) is 7.78. The highest BCUT2D eigenvalue weighted by molar-refractivity contribution is 5.79.